The summed E-state index contributed by atoms with van der Waals surface area (Å²) in [6.07, 6.45) is 2.39. The van der Waals surface area contributed by atoms with E-state index in [1.165, 1.54) is 0 Å². The average molecular weight is 460 g/mol. The van der Waals surface area contributed by atoms with Gasteiger partial charge in [-0.05, 0) is 54.7 Å². The summed E-state index contributed by atoms with van der Waals surface area (Å²) in [5, 5.41) is 19.6. The Kier molecular flexibility index (Phi) is 8.80. The molecule has 0 heterocycles. The Hall–Kier alpha value is -4.13. The normalized spacial score (nSPS) is 11.4. The second-order valence-electron chi connectivity index (χ2n) is 8.02. The van der Waals surface area contributed by atoms with Crippen molar-refractivity contribution in [3.63, 3.8) is 0 Å². The first kappa shape index (κ1) is 24.5. The molecular weight excluding hydrogens is 430 g/mol. The van der Waals surface area contributed by atoms with Crippen LogP contribution in [0.1, 0.15) is 48.4 Å². The van der Waals surface area contributed by atoms with Crippen molar-refractivity contribution in [2.75, 3.05) is 0 Å². The second-order valence-corrected chi connectivity index (χ2v) is 8.02. The number of carboxylic acids is 1. The summed E-state index contributed by atoms with van der Waals surface area (Å²) >= 11 is 0. The fraction of sp³-hybridized carbons (Fsp3) is 0.222. The van der Waals surface area contributed by atoms with Gasteiger partial charge in [-0.2, -0.15) is 0 Å². The number of unbranched alkanes of at least 4 members (excludes halogenated alkanes) is 1. The minimum atomic E-state index is -0.992. The van der Waals surface area contributed by atoms with Crippen LogP contribution in [-0.4, -0.2) is 22.8 Å². The number of benzene rings is 3. The molecule has 0 aliphatic rings. The Morgan fingerprint density at radius 3 is 2.32 bits per heavy atom. The van der Waals surface area contributed by atoms with Gasteiger partial charge in [0.05, 0.1) is 12.5 Å². The number of carboxylic acid groups (broad SMARTS) is 1. The highest BCUT2D eigenvalue weighted by Crippen LogP contribution is 2.26. The van der Waals surface area contributed by atoms with Crippen LogP contribution in [0.15, 0.2) is 78.9 Å². The van der Waals surface area contributed by atoms with Gasteiger partial charge in [-0.1, -0.05) is 54.6 Å². The Morgan fingerprint density at radius 1 is 0.941 bits per heavy atom. The van der Waals surface area contributed by atoms with Crippen molar-refractivity contribution >= 4 is 17.7 Å². The number of amidine groups is 1. The van der Waals surface area contributed by atoms with Crippen LogP contribution in [0.5, 0.6) is 11.5 Å². The maximum Gasteiger partial charge on any atom is 0.305 e. The van der Waals surface area contributed by atoms with Crippen molar-refractivity contribution in [1.29, 1.82) is 5.41 Å². The van der Waals surface area contributed by atoms with Crippen LogP contribution in [0.4, 0.5) is 0 Å². The van der Waals surface area contributed by atoms with E-state index in [9.17, 15) is 14.7 Å². The lowest BCUT2D eigenvalue weighted by atomic mass is 10.0. The molecular formula is C27H29N3O4. The molecule has 5 N–H and O–H groups in total. The van der Waals surface area contributed by atoms with Crippen molar-refractivity contribution in [2.24, 2.45) is 5.73 Å². The molecule has 3 aromatic rings. The monoisotopic (exact) mass is 459 g/mol. The Labute approximate surface area is 199 Å². The smallest absolute Gasteiger partial charge is 0.305 e. The molecule has 0 aliphatic carbocycles. The third-order valence-corrected chi connectivity index (χ3v) is 5.34. The number of para-hydroxylation sites is 1. The van der Waals surface area contributed by atoms with Crippen LogP contribution >= 0.6 is 0 Å². The highest BCUT2D eigenvalue weighted by atomic mass is 16.5. The van der Waals surface area contributed by atoms with E-state index < -0.39 is 12.0 Å². The van der Waals surface area contributed by atoms with Gasteiger partial charge < -0.3 is 20.9 Å². The zero-order valence-electron chi connectivity index (χ0n) is 18.9. The fourth-order valence-corrected chi connectivity index (χ4v) is 3.58. The molecule has 3 rings (SSSR count). The molecule has 0 aromatic heterocycles. The van der Waals surface area contributed by atoms with E-state index in [0.717, 1.165) is 18.4 Å². The Morgan fingerprint density at radius 2 is 1.65 bits per heavy atom. The molecule has 3 aromatic carbocycles. The predicted octanol–water partition coefficient (Wildman–Crippen LogP) is 4.81. The maximum atomic E-state index is 12.5. The quantitative estimate of drug-likeness (QED) is 0.176. The second kappa shape index (κ2) is 12.2. The van der Waals surface area contributed by atoms with Gasteiger partial charge in [-0.3, -0.25) is 15.0 Å². The van der Waals surface area contributed by atoms with Gasteiger partial charge in [-0.15, -0.1) is 0 Å². The van der Waals surface area contributed by atoms with Crippen LogP contribution in [0.3, 0.4) is 0 Å². The molecule has 7 nitrogen and oxygen atoms in total. The third kappa shape index (κ3) is 7.78. The molecule has 1 atom stereocenters. The van der Waals surface area contributed by atoms with Crippen LogP contribution < -0.4 is 15.8 Å². The lowest BCUT2D eigenvalue weighted by molar-refractivity contribution is -0.137. The molecule has 0 radical (unpaired) electrons. The standard InChI is InChI=1S/C27H29N3O4/c28-27(29)20-15-13-19(14-16-20)7-4-5-12-25(31)30-24(18-26(32)33)21-8-6-11-23(17-21)34-22-9-2-1-3-10-22/h1-3,6,8-11,13-17,24H,4-5,7,12,18H2,(H3,28,29)(H,30,31)(H,32,33). The van der Waals surface area contributed by atoms with Gasteiger partial charge in [0, 0.05) is 12.0 Å². The molecule has 0 saturated heterocycles. The topological polar surface area (TPSA) is 126 Å². The van der Waals surface area contributed by atoms with Gasteiger partial charge >= 0.3 is 5.97 Å². The van der Waals surface area contributed by atoms with E-state index in [2.05, 4.69) is 5.32 Å². The number of carbonyl (C=O) groups excluding carboxylic acids is 1. The molecule has 7 heteroatoms. The summed E-state index contributed by atoms with van der Waals surface area (Å²) in [4.78, 5) is 24.0. The van der Waals surface area contributed by atoms with E-state index in [1.54, 1.807) is 24.3 Å². The molecule has 34 heavy (non-hydrogen) atoms. The summed E-state index contributed by atoms with van der Waals surface area (Å²) in [6, 6.07) is 23.3. The number of rotatable bonds is 12. The highest BCUT2D eigenvalue weighted by molar-refractivity contribution is 5.94. The van der Waals surface area contributed by atoms with E-state index in [0.29, 0.717) is 35.5 Å². The van der Waals surface area contributed by atoms with Gasteiger partial charge in [0.25, 0.3) is 0 Å². The summed E-state index contributed by atoms with van der Waals surface area (Å²) < 4.78 is 5.84. The van der Waals surface area contributed by atoms with Gasteiger partial charge in [0.2, 0.25) is 5.91 Å². The summed E-state index contributed by atoms with van der Waals surface area (Å²) in [5.74, 6) is 0.107. The number of aryl methyl sites for hydroxylation is 1. The molecule has 1 amide bonds. The number of amides is 1. The fourth-order valence-electron chi connectivity index (χ4n) is 3.58. The van der Waals surface area contributed by atoms with Crippen molar-refractivity contribution < 1.29 is 19.4 Å². The number of carbonyl (C=O) groups is 2. The Bertz CT molecular complexity index is 1110. The van der Waals surface area contributed by atoms with E-state index >= 15 is 0 Å². The number of hydrogen-bond donors (Lipinski definition) is 4. The molecule has 0 saturated carbocycles. The van der Waals surface area contributed by atoms with Crippen LogP contribution in [0, 0.1) is 5.41 Å². The number of nitrogen functional groups attached to an aromatic ring is 1. The zero-order chi connectivity index (χ0) is 24.3. The molecule has 176 valence electrons. The molecule has 0 fully saturated rings. The number of nitrogens with one attached hydrogen (secondary N) is 2. The van der Waals surface area contributed by atoms with E-state index in [4.69, 9.17) is 15.9 Å². The third-order valence-electron chi connectivity index (χ3n) is 5.34. The first-order valence-corrected chi connectivity index (χ1v) is 11.2. The maximum absolute atomic E-state index is 12.5. The van der Waals surface area contributed by atoms with Crippen molar-refractivity contribution in [3.8, 4) is 11.5 Å². The highest BCUT2D eigenvalue weighted by Gasteiger charge is 2.18. The summed E-state index contributed by atoms with van der Waals surface area (Å²) in [6.45, 7) is 0. The minimum absolute atomic E-state index is 0.0382. The van der Waals surface area contributed by atoms with Gasteiger partial charge in [0.1, 0.15) is 17.3 Å². The van der Waals surface area contributed by atoms with Crippen molar-refractivity contribution in [3.05, 3.63) is 95.6 Å². The zero-order valence-corrected chi connectivity index (χ0v) is 18.9. The molecule has 0 aliphatic heterocycles. The first-order chi connectivity index (χ1) is 16.4. The van der Waals surface area contributed by atoms with Crippen LogP contribution in [0.2, 0.25) is 0 Å². The number of aliphatic carboxylic acids is 1. The van der Waals surface area contributed by atoms with Gasteiger partial charge in [0.15, 0.2) is 0 Å². The summed E-state index contributed by atoms with van der Waals surface area (Å²) in [7, 11) is 0. The predicted molar refractivity (Wildman–Crippen MR) is 131 cm³/mol. The van der Waals surface area contributed by atoms with Crippen LogP contribution in [-0.2, 0) is 16.0 Å². The number of ether oxygens (including phenoxy) is 1. The summed E-state index contributed by atoms with van der Waals surface area (Å²) in [5.41, 5.74) is 7.95. The molecule has 0 bridgehead atoms. The minimum Gasteiger partial charge on any atom is -0.481 e. The van der Waals surface area contributed by atoms with E-state index in [-0.39, 0.29) is 18.2 Å². The lowest BCUT2D eigenvalue weighted by Gasteiger charge is -2.18. The van der Waals surface area contributed by atoms with Crippen molar-refractivity contribution in [1.82, 2.24) is 5.32 Å². The molecule has 1 unspecified atom stereocenters. The van der Waals surface area contributed by atoms with Crippen molar-refractivity contribution in [2.45, 2.75) is 38.1 Å². The van der Waals surface area contributed by atoms with Crippen LogP contribution in [0.25, 0.3) is 0 Å². The largest absolute Gasteiger partial charge is 0.481 e. The lowest BCUT2D eigenvalue weighted by Crippen LogP contribution is -2.30. The number of hydrogen-bond acceptors (Lipinski definition) is 4. The first-order valence-electron chi connectivity index (χ1n) is 11.2. The Balaban J connectivity index is 1.54. The van der Waals surface area contributed by atoms with E-state index in [1.807, 2.05) is 54.6 Å². The van der Waals surface area contributed by atoms with Gasteiger partial charge in [-0.25, -0.2) is 0 Å². The number of nitrogens with two attached hydrogens (primary N) is 1. The average Bonchev–Trinajstić information content (AvgIpc) is 2.82. The SMILES string of the molecule is N=C(N)c1ccc(CCCCC(=O)NC(CC(=O)O)c2cccc(Oc3ccccc3)c2)cc1. The molecule has 0 spiro atoms.